The van der Waals surface area contributed by atoms with Crippen LogP contribution in [0.1, 0.15) is 0 Å². The van der Waals surface area contributed by atoms with Gasteiger partial charge in [-0.25, -0.2) is 8.42 Å². The standard InChI is InChI=1S/C5H10N2O2S2/c1-4-6-5(10-2)7-11(3,8)9/h4H,1H2,2-3H3,(H,6,7). The zero-order valence-electron chi connectivity index (χ0n) is 6.36. The molecule has 0 aliphatic heterocycles. The predicted molar refractivity (Wildman–Crippen MR) is 49.1 cm³/mol. The molecule has 4 nitrogen and oxygen atoms in total. The first-order valence-corrected chi connectivity index (χ1v) is 5.78. The molecule has 0 aromatic rings. The van der Waals surface area contributed by atoms with E-state index in [0.29, 0.717) is 5.17 Å². The summed E-state index contributed by atoms with van der Waals surface area (Å²) in [5.74, 6) is 0. The largest absolute Gasteiger partial charge is 0.341 e. The molecule has 0 aromatic heterocycles. The van der Waals surface area contributed by atoms with Gasteiger partial charge in [0.05, 0.1) is 6.26 Å². The third-order valence-electron chi connectivity index (χ3n) is 0.668. The minimum Gasteiger partial charge on any atom is -0.341 e. The lowest BCUT2D eigenvalue weighted by molar-refractivity contribution is 0.603. The first kappa shape index (κ1) is 10.5. The number of hydrogen-bond acceptors (Lipinski definition) is 3. The van der Waals surface area contributed by atoms with E-state index in [1.807, 2.05) is 0 Å². The number of sulfonamides is 1. The molecule has 0 saturated carbocycles. The van der Waals surface area contributed by atoms with Gasteiger partial charge in [-0.05, 0) is 12.5 Å². The second-order valence-electron chi connectivity index (χ2n) is 1.68. The molecule has 0 spiro atoms. The smallest absolute Gasteiger partial charge is 0.252 e. The summed E-state index contributed by atoms with van der Waals surface area (Å²) < 4.78 is 24.6. The number of amidine groups is 1. The molecular weight excluding hydrogens is 184 g/mol. The molecule has 0 heterocycles. The summed E-state index contributed by atoms with van der Waals surface area (Å²) in [4.78, 5) is 0. The number of hydrogen-bond donors (Lipinski definition) is 1. The average Bonchev–Trinajstić information content (AvgIpc) is 1.84. The Labute approximate surface area is 70.8 Å². The maximum atomic E-state index is 10.6. The lowest BCUT2D eigenvalue weighted by Gasteiger charge is -1.98. The number of nitrogens with one attached hydrogen (secondary N) is 1. The van der Waals surface area contributed by atoms with Crippen LogP contribution in [0.3, 0.4) is 0 Å². The number of rotatable bonds is 2. The van der Waals surface area contributed by atoms with E-state index in [2.05, 4.69) is 16.3 Å². The van der Waals surface area contributed by atoms with Gasteiger partial charge in [0.1, 0.15) is 0 Å². The zero-order valence-corrected chi connectivity index (χ0v) is 8.00. The van der Waals surface area contributed by atoms with Crippen molar-refractivity contribution in [3.63, 3.8) is 0 Å². The zero-order chi connectivity index (χ0) is 8.91. The molecule has 64 valence electrons. The Hall–Kier alpha value is -0.490. The quantitative estimate of drug-likeness (QED) is 0.510. The van der Waals surface area contributed by atoms with Crippen molar-refractivity contribution in [1.82, 2.24) is 5.32 Å². The lowest BCUT2D eigenvalue weighted by Crippen LogP contribution is -2.14. The Morgan fingerprint density at radius 1 is 1.73 bits per heavy atom. The second kappa shape index (κ2) is 4.40. The summed E-state index contributed by atoms with van der Waals surface area (Å²) in [6, 6.07) is 0. The Balaban J connectivity index is 4.48. The molecule has 0 fully saturated rings. The predicted octanol–water partition coefficient (Wildman–Crippen LogP) is 0.398. The van der Waals surface area contributed by atoms with Crippen molar-refractivity contribution < 1.29 is 8.42 Å². The van der Waals surface area contributed by atoms with Gasteiger partial charge >= 0.3 is 0 Å². The first-order valence-electron chi connectivity index (χ1n) is 2.71. The fourth-order valence-corrected chi connectivity index (χ4v) is 1.62. The molecule has 0 bridgehead atoms. The average molecular weight is 194 g/mol. The second-order valence-corrected chi connectivity index (χ2v) is 4.13. The van der Waals surface area contributed by atoms with Crippen molar-refractivity contribution in [2.45, 2.75) is 0 Å². The van der Waals surface area contributed by atoms with Gasteiger partial charge < -0.3 is 5.32 Å². The van der Waals surface area contributed by atoms with Gasteiger partial charge in [-0.1, -0.05) is 18.3 Å². The topological polar surface area (TPSA) is 58.5 Å². The lowest BCUT2D eigenvalue weighted by atomic mass is 11.0. The van der Waals surface area contributed by atoms with E-state index < -0.39 is 10.0 Å². The van der Waals surface area contributed by atoms with Crippen LogP contribution in [-0.4, -0.2) is 26.1 Å². The molecule has 0 amide bonds. The Morgan fingerprint density at radius 2 is 2.27 bits per heavy atom. The van der Waals surface area contributed by atoms with E-state index in [4.69, 9.17) is 0 Å². The minimum atomic E-state index is -3.30. The van der Waals surface area contributed by atoms with Crippen molar-refractivity contribution >= 4 is 27.0 Å². The normalized spacial score (nSPS) is 12.7. The summed E-state index contributed by atoms with van der Waals surface area (Å²) >= 11 is 1.21. The fraction of sp³-hybridized carbons (Fsp3) is 0.400. The molecule has 0 atom stereocenters. The van der Waals surface area contributed by atoms with Gasteiger partial charge in [0, 0.05) is 0 Å². The molecule has 0 rings (SSSR count). The van der Waals surface area contributed by atoms with Crippen LogP contribution >= 0.6 is 11.8 Å². The Bertz CT molecular complexity index is 256. The van der Waals surface area contributed by atoms with Crippen molar-refractivity contribution in [3.05, 3.63) is 12.8 Å². The number of nitrogens with zero attached hydrogens (tertiary/aromatic N) is 1. The third kappa shape index (κ3) is 5.93. The molecule has 11 heavy (non-hydrogen) atoms. The Kier molecular flexibility index (Phi) is 4.20. The van der Waals surface area contributed by atoms with E-state index in [9.17, 15) is 8.42 Å². The molecule has 0 aliphatic rings. The van der Waals surface area contributed by atoms with E-state index in [-0.39, 0.29) is 0 Å². The SMILES string of the molecule is C=CNC(=NS(C)(=O)=O)SC. The van der Waals surface area contributed by atoms with Crippen LogP contribution in [0, 0.1) is 0 Å². The molecule has 0 aromatic carbocycles. The molecule has 0 saturated heterocycles. The Morgan fingerprint density at radius 3 is 2.55 bits per heavy atom. The van der Waals surface area contributed by atoms with Crippen LogP contribution in [0.15, 0.2) is 17.2 Å². The van der Waals surface area contributed by atoms with Gasteiger partial charge in [-0.2, -0.15) is 0 Å². The molecule has 0 unspecified atom stereocenters. The summed E-state index contributed by atoms with van der Waals surface area (Å²) in [6.07, 6.45) is 4.13. The van der Waals surface area contributed by atoms with Crippen LogP contribution in [0.5, 0.6) is 0 Å². The van der Waals surface area contributed by atoms with Crippen molar-refractivity contribution in [2.75, 3.05) is 12.5 Å². The summed E-state index contributed by atoms with van der Waals surface area (Å²) in [6.45, 7) is 3.38. The van der Waals surface area contributed by atoms with Crippen LogP contribution in [0.25, 0.3) is 0 Å². The highest BCUT2D eigenvalue weighted by Gasteiger charge is 1.99. The molecular formula is C5H10N2O2S2. The van der Waals surface area contributed by atoms with Crippen molar-refractivity contribution in [1.29, 1.82) is 0 Å². The minimum absolute atomic E-state index is 0.322. The summed E-state index contributed by atoms with van der Waals surface area (Å²) in [7, 11) is -3.30. The van der Waals surface area contributed by atoms with Gasteiger partial charge in [0.15, 0.2) is 5.17 Å². The summed E-state index contributed by atoms with van der Waals surface area (Å²) in [5.41, 5.74) is 0. The van der Waals surface area contributed by atoms with Crippen molar-refractivity contribution in [3.8, 4) is 0 Å². The monoisotopic (exact) mass is 194 g/mol. The molecule has 0 aliphatic carbocycles. The van der Waals surface area contributed by atoms with Gasteiger partial charge in [-0.3, -0.25) is 0 Å². The highest BCUT2D eigenvalue weighted by molar-refractivity contribution is 8.13. The molecule has 0 radical (unpaired) electrons. The maximum absolute atomic E-state index is 10.6. The van der Waals surface area contributed by atoms with E-state index in [1.54, 1.807) is 6.26 Å². The van der Waals surface area contributed by atoms with E-state index in [1.165, 1.54) is 18.0 Å². The first-order chi connectivity index (χ1) is 4.99. The third-order valence-corrected chi connectivity index (χ3v) is 1.89. The highest BCUT2D eigenvalue weighted by Crippen LogP contribution is 1.97. The van der Waals surface area contributed by atoms with E-state index >= 15 is 0 Å². The van der Waals surface area contributed by atoms with Crippen LogP contribution in [0.2, 0.25) is 0 Å². The molecule has 6 heteroatoms. The summed E-state index contributed by atoms with van der Waals surface area (Å²) in [5, 5.41) is 2.91. The van der Waals surface area contributed by atoms with Gasteiger partial charge in [-0.15, -0.1) is 4.40 Å². The number of thioether (sulfide) groups is 1. The maximum Gasteiger partial charge on any atom is 0.252 e. The van der Waals surface area contributed by atoms with Gasteiger partial charge in [0.2, 0.25) is 0 Å². The van der Waals surface area contributed by atoms with Crippen LogP contribution in [0.4, 0.5) is 0 Å². The van der Waals surface area contributed by atoms with E-state index in [0.717, 1.165) is 6.26 Å². The fourth-order valence-electron chi connectivity index (χ4n) is 0.360. The van der Waals surface area contributed by atoms with Crippen LogP contribution < -0.4 is 5.32 Å². The van der Waals surface area contributed by atoms with Gasteiger partial charge in [0.25, 0.3) is 10.0 Å². The van der Waals surface area contributed by atoms with Crippen molar-refractivity contribution in [2.24, 2.45) is 4.40 Å². The highest BCUT2D eigenvalue weighted by atomic mass is 32.2. The van der Waals surface area contributed by atoms with Crippen LogP contribution in [-0.2, 0) is 10.0 Å². The molecule has 1 N–H and O–H groups in total.